The van der Waals surface area contributed by atoms with Crippen molar-refractivity contribution < 1.29 is 14.6 Å². The summed E-state index contributed by atoms with van der Waals surface area (Å²) in [5.41, 5.74) is 4.40. The largest absolute Gasteiger partial charge is 0.506 e. The molecule has 0 bridgehead atoms. The SMILES string of the molecule is O=C(COc1ccc(C2SCCS2)cc1)N/N=C\c1cc(Br)c(O)c(Br)c1. The molecule has 1 amide bonds. The summed E-state index contributed by atoms with van der Waals surface area (Å²) in [6, 6.07) is 11.2. The number of benzene rings is 2. The van der Waals surface area contributed by atoms with Crippen molar-refractivity contribution in [3.8, 4) is 11.5 Å². The Morgan fingerprint density at radius 3 is 2.48 bits per heavy atom. The zero-order valence-corrected chi connectivity index (χ0v) is 18.8. The molecule has 0 atom stereocenters. The summed E-state index contributed by atoms with van der Waals surface area (Å²) >= 11 is 10.4. The van der Waals surface area contributed by atoms with Crippen LogP contribution in [0.5, 0.6) is 11.5 Å². The first-order chi connectivity index (χ1) is 13.0. The zero-order valence-electron chi connectivity index (χ0n) is 14.0. The number of amides is 1. The van der Waals surface area contributed by atoms with Crippen LogP contribution >= 0.6 is 55.4 Å². The third-order valence-corrected chi connectivity index (χ3v) is 7.90. The molecule has 1 fully saturated rings. The van der Waals surface area contributed by atoms with Crippen LogP contribution in [0.15, 0.2) is 50.4 Å². The lowest BCUT2D eigenvalue weighted by atomic mass is 10.2. The number of ether oxygens (including phenoxy) is 1. The van der Waals surface area contributed by atoms with Gasteiger partial charge in [-0.25, -0.2) is 5.43 Å². The molecule has 1 heterocycles. The van der Waals surface area contributed by atoms with E-state index >= 15 is 0 Å². The second-order valence-electron chi connectivity index (χ2n) is 5.56. The lowest BCUT2D eigenvalue weighted by molar-refractivity contribution is -0.123. The Labute approximate surface area is 182 Å². The van der Waals surface area contributed by atoms with Gasteiger partial charge in [0.2, 0.25) is 0 Å². The van der Waals surface area contributed by atoms with E-state index in [4.69, 9.17) is 4.74 Å². The van der Waals surface area contributed by atoms with E-state index in [0.717, 1.165) is 0 Å². The molecule has 5 nitrogen and oxygen atoms in total. The first-order valence-electron chi connectivity index (χ1n) is 7.99. The number of hydrogen-bond donors (Lipinski definition) is 2. The molecule has 1 aliphatic heterocycles. The van der Waals surface area contributed by atoms with Crippen LogP contribution in [0.3, 0.4) is 0 Å². The highest BCUT2D eigenvalue weighted by Crippen LogP contribution is 2.45. The van der Waals surface area contributed by atoms with Crippen LogP contribution in [-0.2, 0) is 4.79 Å². The molecule has 0 spiro atoms. The van der Waals surface area contributed by atoms with Crippen molar-refractivity contribution >= 4 is 67.5 Å². The van der Waals surface area contributed by atoms with Gasteiger partial charge in [-0.3, -0.25) is 4.79 Å². The minimum absolute atomic E-state index is 0.112. The van der Waals surface area contributed by atoms with Gasteiger partial charge in [-0.05, 0) is 67.3 Å². The summed E-state index contributed by atoms with van der Waals surface area (Å²) in [6.07, 6.45) is 1.48. The smallest absolute Gasteiger partial charge is 0.277 e. The molecule has 27 heavy (non-hydrogen) atoms. The van der Waals surface area contributed by atoms with E-state index in [-0.39, 0.29) is 18.3 Å². The highest BCUT2D eigenvalue weighted by atomic mass is 79.9. The van der Waals surface area contributed by atoms with Gasteiger partial charge in [0.15, 0.2) is 6.61 Å². The highest BCUT2D eigenvalue weighted by molar-refractivity contribution is 9.11. The number of halogens is 2. The third kappa shape index (κ3) is 5.91. The summed E-state index contributed by atoms with van der Waals surface area (Å²) in [7, 11) is 0. The monoisotopic (exact) mass is 530 g/mol. The van der Waals surface area contributed by atoms with Crippen LogP contribution < -0.4 is 10.2 Å². The van der Waals surface area contributed by atoms with Crippen LogP contribution in [0.4, 0.5) is 0 Å². The van der Waals surface area contributed by atoms with Crippen LogP contribution in [0.25, 0.3) is 0 Å². The molecule has 1 aliphatic rings. The highest BCUT2D eigenvalue weighted by Gasteiger charge is 2.17. The van der Waals surface area contributed by atoms with Crippen LogP contribution in [0, 0.1) is 0 Å². The number of thioether (sulfide) groups is 2. The van der Waals surface area contributed by atoms with Crippen molar-refractivity contribution in [1.82, 2.24) is 5.43 Å². The summed E-state index contributed by atoms with van der Waals surface area (Å²) in [4.78, 5) is 11.9. The fourth-order valence-corrected chi connectivity index (χ4v) is 6.37. The van der Waals surface area contributed by atoms with Gasteiger partial charge >= 0.3 is 0 Å². The van der Waals surface area contributed by atoms with E-state index in [9.17, 15) is 9.90 Å². The molecule has 0 radical (unpaired) electrons. The molecule has 0 unspecified atom stereocenters. The van der Waals surface area contributed by atoms with Gasteiger partial charge < -0.3 is 9.84 Å². The van der Waals surface area contributed by atoms with E-state index in [1.54, 1.807) is 12.1 Å². The normalized spacial score (nSPS) is 14.6. The van der Waals surface area contributed by atoms with E-state index in [1.807, 2.05) is 47.8 Å². The van der Waals surface area contributed by atoms with Gasteiger partial charge in [-0.15, -0.1) is 23.5 Å². The van der Waals surface area contributed by atoms with E-state index < -0.39 is 0 Å². The van der Waals surface area contributed by atoms with Gasteiger partial charge in [0.1, 0.15) is 11.5 Å². The Balaban J connectivity index is 1.46. The Morgan fingerprint density at radius 2 is 1.85 bits per heavy atom. The van der Waals surface area contributed by atoms with Crippen molar-refractivity contribution in [3.05, 3.63) is 56.5 Å². The Bertz CT molecular complexity index is 818. The first kappa shape index (κ1) is 20.6. The van der Waals surface area contributed by atoms with E-state index in [2.05, 4.69) is 42.4 Å². The Hall–Kier alpha value is -1.16. The molecule has 2 N–H and O–H groups in total. The number of hydrogen-bond acceptors (Lipinski definition) is 6. The standard InChI is InChI=1S/C18H16Br2N2O3S2/c19-14-7-11(8-15(20)17(14)24)9-21-22-16(23)10-25-13-3-1-12(2-4-13)18-26-5-6-27-18/h1-4,7-9,18,24H,5-6,10H2,(H,22,23)/b21-9-. The maximum Gasteiger partial charge on any atom is 0.277 e. The predicted molar refractivity (Wildman–Crippen MR) is 119 cm³/mol. The van der Waals surface area contributed by atoms with Crippen LogP contribution in [0.1, 0.15) is 15.7 Å². The average Bonchev–Trinajstić information content (AvgIpc) is 3.19. The summed E-state index contributed by atoms with van der Waals surface area (Å²) in [5, 5.41) is 13.6. The van der Waals surface area contributed by atoms with E-state index in [1.165, 1.54) is 23.3 Å². The minimum atomic E-state index is -0.353. The number of nitrogens with zero attached hydrogens (tertiary/aromatic N) is 1. The Kier molecular flexibility index (Phi) is 7.51. The summed E-state index contributed by atoms with van der Waals surface area (Å²) in [5.74, 6) is 2.78. The number of aromatic hydroxyl groups is 1. The van der Waals surface area contributed by atoms with Crippen molar-refractivity contribution in [2.45, 2.75) is 4.58 Å². The van der Waals surface area contributed by atoms with Gasteiger partial charge in [0, 0.05) is 11.5 Å². The van der Waals surface area contributed by atoms with Crippen molar-refractivity contribution in [1.29, 1.82) is 0 Å². The summed E-state index contributed by atoms with van der Waals surface area (Å²) in [6.45, 7) is -0.118. The second kappa shape index (κ2) is 9.86. The number of hydrazone groups is 1. The number of rotatable bonds is 6. The predicted octanol–water partition coefficient (Wildman–Crippen LogP) is 4.92. The van der Waals surface area contributed by atoms with Gasteiger partial charge in [0.05, 0.1) is 19.7 Å². The van der Waals surface area contributed by atoms with Crippen molar-refractivity contribution in [3.63, 3.8) is 0 Å². The zero-order chi connectivity index (χ0) is 19.2. The number of phenols is 1. The van der Waals surface area contributed by atoms with E-state index in [0.29, 0.717) is 24.8 Å². The number of carbonyl (C=O) groups excluding carboxylic acids is 1. The number of nitrogens with one attached hydrogen (secondary N) is 1. The van der Waals surface area contributed by atoms with Crippen molar-refractivity contribution in [2.24, 2.45) is 5.10 Å². The minimum Gasteiger partial charge on any atom is -0.506 e. The van der Waals surface area contributed by atoms with Gasteiger partial charge in [0.25, 0.3) is 5.91 Å². The third-order valence-electron chi connectivity index (χ3n) is 3.59. The molecule has 2 aromatic carbocycles. The molecule has 1 saturated heterocycles. The lowest BCUT2D eigenvalue weighted by Gasteiger charge is -2.10. The first-order valence-corrected chi connectivity index (χ1v) is 11.7. The number of phenolic OH excluding ortho intramolecular Hbond substituents is 1. The summed E-state index contributed by atoms with van der Waals surface area (Å²) < 4.78 is 7.06. The molecule has 9 heteroatoms. The van der Waals surface area contributed by atoms with Crippen LogP contribution in [-0.4, -0.2) is 35.3 Å². The average molecular weight is 532 g/mol. The van der Waals surface area contributed by atoms with Crippen molar-refractivity contribution in [2.75, 3.05) is 18.1 Å². The molecule has 0 aliphatic carbocycles. The number of carbonyl (C=O) groups is 1. The molecule has 0 aromatic heterocycles. The topological polar surface area (TPSA) is 70.9 Å². The second-order valence-corrected chi connectivity index (χ2v) is 9.99. The molecule has 0 saturated carbocycles. The maximum absolute atomic E-state index is 11.9. The molecule has 3 rings (SSSR count). The fraction of sp³-hybridized carbons (Fsp3) is 0.222. The van der Waals surface area contributed by atoms with Gasteiger partial charge in [-0.1, -0.05) is 12.1 Å². The maximum atomic E-state index is 11.9. The quantitative estimate of drug-likeness (QED) is 0.408. The Morgan fingerprint density at radius 1 is 1.22 bits per heavy atom. The molecule has 2 aromatic rings. The van der Waals surface area contributed by atoms with Gasteiger partial charge in [-0.2, -0.15) is 5.10 Å². The van der Waals surface area contributed by atoms with Crippen LogP contribution in [0.2, 0.25) is 0 Å². The molecular weight excluding hydrogens is 516 g/mol. The molecule has 142 valence electrons. The fourth-order valence-electron chi connectivity index (χ4n) is 2.29. The lowest BCUT2D eigenvalue weighted by Crippen LogP contribution is -2.24. The molecular formula is C18H16Br2N2O3S2.